The van der Waals surface area contributed by atoms with Crippen LogP contribution in [0.3, 0.4) is 0 Å². The highest BCUT2D eigenvalue weighted by Gasteiger charge is 2.15. The highest BCUT2D eigenvalue weighted by Crippen LogP contribution is 2.28. The first-order valence-corrected chi connectivity index (χ1v) is 10.6. The Labute approximate surface area is 177 Å². The van der Waals surface area contributed by atoms with Gasteiger partial charge in [0, 0.05) is 31.6 Å². The van der Waals surface area contributed by atoms with E-state index < -0.39 is 0 Å². The molecule has 30 heavy (non-hydrogen) atoms. The number of urea groups is 1. The second-order valence-corrected chi connectivity index (χ2v) is 7.71. The first-order chi connectivity index (χ1) is 14.7. The van der Waals surface area contributed by atoms with E-state index in [1.165, 1.54) is 24.8 Å². The number of carbonyl (C=O) groups excluding carboxylic acids is 1. The van der Waals surface area contributed by atoms with E-state index in [1.54, 1.807) is 6.26 Å². The standard InChI is InChI=1S/C24H28N4O2/c1-18-9-11-19(12-10-18)23-26-20(17-30-23)13-14-25-24(29)27-21-7-3-4-8-22(21)28-15-5-2-6-16-28/h3-4,7-12,17H,2,5-6,13-16H2,1H3,(H2,25,27,29). The Balaban J connectivity index is 1.29. The predicted octanol–water partition coefficient (Wildman–Crippen LogP) is 5.00. The van der Waals surface area contributed by atoms with Gasteiger partial charge >= 0.3 is 6.03 Å². The lowest BCUT2D eigenvalue weighted by Gasteiger charge is -2.30. The van der Waals surface area contributed by atoms with Crippen LogP contribution in [-0.2, 0) is 6.42 Å². The number of para-hydroxylation sites is 2. The second-order valence-electron chi connectivity index (χ2n) is 7.71. The third-order valence-electron chi connectivity index (χ3n) is 5.37. The fourth-order valence-electron chi connectivity index (χ4n) is 3.71. The Morgan fingerprint density at radius 2 is 1.83 bits per heavy atom. The molecule has 2 amide bonds. The summed E-state index contributed by atoms with van der Waals surface area (Å²) in [6.07, 6.45) is 5.93. The number of oxazole rings is 1. The maximum atomic E-state index is 12.4. The van der Waals surface area contributed by atoms with Gasteiger partial charge in [-0.15, -0.1) is 0 Å². The van der Waals surface area contributed by atoms with Crippen molar-refractivity contribution in [2.75, 3.05) is 29.9 Å². The number of hydrogen-bond acceptors (Lipinski definition) is 4. The van der Waals surface area contributed by atoms with Crippen molar-refractivity contribution < 1.29 is 9.21 Å². The Morgan fingerprint density at radius 3 is 2.63 bits per heavy atom. The maximum absolute atomic E-state index is 12.4. The molecule has 3 aromatic rings. The molecule has 2 aromatic carbocycles. The minimum atomic E-state index is -0.207. The Morgan fingerprint density at radius 1 is 1.07 bits per heavy atom. The van der Waals surface area contributed by atoms with E-state index >= 15 is 0 Å². The Hall–Kier alpha value is -3.28. The van der Waals surface area contributed by atoms with Crippen molar-refractivity contribution in [2.24, 2.45) is 0 Å². The van der Waals surface area contributed by atoms with E-state index in [1.807, 2.05) is 49.4 Å². The van der Waals surface area contributed by atoms with Crippen LogP contribution in [0.5, 0.6) is 0 Å². The molecule has 156 valence electrons. The average molecular weight is 405 g/mol. The molecule has 1 saturated heterocycles. The number of aromatic nitrogens is 1. The monoisotopic (exact) mass is 404 g/mol. The van der Waals surface area contributed by atoms with Gasteiger partial charge in [-0.25, -0.2) is 9.78 Å². The number of carbonyl (C=O) groups is 1. The van der Waals surface area contributed by atoms with E-state index in [4.69, 9.17) is 4.42 Å². The number of rotatable bonds is 6. The molecule has 6 nitrogen and oxygen atoms in total. The highest BCUT2D eigenvalue weighted by molar-refractivity contribution is 5.93. The molecule has 0 aliphatic carbocycles. The van der Waals surface area contributed by atoms with E-state index in [9.17, 15) is 4.79 Å². The Bertz CT molecular complexity index is 975. The summed E-state index contributed by atoms with van der Waals surface area (Å²) in [5.74, 6) is 0.602. The fourth-order valence-corrected chi connectivity index (χ4v) is 3.71. The number of aryl methyl sites for hydroxylation is 1. The van der Waals surface area contributed by atoms with Crippen LogP contribution < -0.4 is 15.5 Å². The average Bonchev–Trinajstić information content (AvgIpc) is 3.24. The molecule has 1 aliphatic rings. The van der Waals surface area contributed by atoms with Crippen LogP contribution in [0, 0.1) is 6.92 Å². The zero-order valence-electron chi connectivity index (χ0n) is 17.4. The van der Waals surface area contributed by atoms with Crippen molar-refractivity contribution in [2.45, 2.75) is 32.6 Å². The summed E-state index contributed by atoms with van der Waals surface area (Å²) < 4.78 is 5.58. The van der Waals surface area contributed by atoms with Crippen LogP contribution in [-0.4, -0.2) is 30.6 Å². The lowest BCUT2D eigenvalue weighted by atomic mass is 10.1. The van der Waals surface area contributed by atoms with Crippen LogP contribution in [0.4, 0.5) is 16.2 Å². The molecule has 0 radical (unpaired) electrons. The zero-order valence-corrected chi connectivity index (χ0v) is 17.4. The number of nitrogens with one attached hydrogen (secondary N) is 2. The molecular weight excluding hydrogens is 376 g/mol. The minimum absolute atomic E-state index is 0.207. The SMILES string of the molecule is Cc1ccc(-c2nc(CCNC(=O)Nc3ccccc3N3CCCCC3)co2)cc1. The molecule has 1 aromatic heterocycles. The van der Waals surface area contributed by atoms with Gasteiger partial charge in [-0.05, 0) is 50.5 Å². The third-order valence-corrected chi connectivity index (χ3v) is 5.37. The second kappa shape index (κ2) is 9.48. The van der Waals surface area contributed by atoms with Crippen LogP contribution in [0.25, 0.3) is 11.5 Å². The summed E-state index contributed by atoms with van der Waals surface area (Å²) in [6.45, 7) is 4.61. The summed E-state index contributed by atoms with van der Waals surface area (Å²) in [4.78, 5) is 19.3. The number of nitrogens with zero attached hydrogens (tertiary/aromatic N) is 2. The van der Waals surface area contributed by atoms with Crippen molar-refractivity contribution in [1.82, 2.24) is 10.3 Å². The third kappa shape index (κ3) is 5.00. The summed E-state index contributed by atoms with van der Waals surface area (Å²) in [5, 5.41) is 5.91. The number of anilines is 2. The number of hydrogen-bond donors (Lipinski definition) is 2. The smallest absolute Gasteiger partial charge is 0.319 e. The van der Waals surface area contributed by atoms with Crippen molar-refractivity contribution in [3.8, 4) is 11.5 Å². The molecule has 0 spiro atoms. The van der Waals surface area contributed by atoms with Gasteiger partial charge in [-0.2, -0.15) is 0 Å². The van der Waals surface area contributed by atoms with Gasteiger partial charge in [0.05, 0.1) is 17.1 Å². The van der Waals surface area contributed by atoms with Gasteiger partial charge in [0.25, 0.3) is 0 Å². The van der Waals surface area contributed by atoms with Gasteiger partial charge < -0.3 is 20.0 Å². The maximum Gasteiger partial charge on any atom is 0.319 e. The molecule has 0 saturated carbocycles. The number of benzene rings is 2. The summed E-state index contributed by atoms with van der Waals surface area (Å²) in [6, 6.07) is 15.8. The topological polar surface area (TPSA) is 70.4 Å². The van der Waals surface area contributed by atoms with Crippen LogP contribution >= 0.6 is 0 Å². The molecule has 6 heteroatoms. The van der Waals surface area contributed by atoms with Crippen molar-refractivity contribution in [3.63, 3.8) is 0 Å². The first kappa shape index (κ1) is 20.0. The van der Waals surface area contributed by atoms with Gasteiger partial charge in [0.2, 0.25) is 5.89 Å². The number of piperidine rings is 1. The van der Waals surface area contributed by atoms with Crippen molar-refractivity contribution in [1.29, 1.82) is 0 Å². The van der Waals surface area contributed by atoms with E-state index in [2.05, 4.69) is 26.6 Å². The molecule has 4 rings (SSSR count). The molecule has 2 N–H and O–H groups in total. The highest BCUT2D eigenvalue weighted by atomic mass is 16.3. The molecule has 1 fully saturated rings. The van der Waals surface area contributed by atoms with Crippen molar-refractivity contribution in [3.05, 3.63) is 66.1 Å². The zero-order chi connectivity index (χ0) is 20.8. The fraction of sp³-hybridized carbons (Fsp3) is 0.333. The molecule has 0 unspecified atom stereocenters. The Kier molecular flexibility index (Phi) is 6.32. The molecular formula is C24H28N4O2. The normalized spacial score (nSPS) is 13.8. The van der Waals surface area contributed by atoms with E-state index in [0.29, 0.717) is 18.9 Å². The summed E-state index contributed by atoms with van der Waals surface area (Å²) in [7, 11) is 0. The lowest BCUT2D eigenvalue weighted by Crippen LogP contribution is -2.33. The van der Waals surface area contributed by atoms with Gasteiger partial charge in [0.15, 0.2) is 0 Å². The molecule has 1 aliphatic heterocycles. The number of amides is 2. The van der Waals surface area contributed by atoms with Crippen molar-refractivity contribution >= 4 is 17.4 Å². The minimum Gasteiger partial charge on any atom is -0.444 e. The first-order valence-electron chi connectivity index (χ1n) is 10.6. The predicted molar refractivity (Wildman–Crippen MR) is 120 cm³/mol. The quantitative estimate of drug-likeness (QED) is 0.606. The van der Waals surface area contributed by atoms with Gasteiger partial charge in [-0.1, -0.05) is 29.8 Å². The molecule has 0 atom stereocenters. The van der Waals surface area contributed by atoms with Gasteiger partial charge in [-0.3, -0.25) is 0 Å². The summed E-state index contributed by atoms with van der Waals surface area (Å²) in [5.41, 5.74) is 4.90. The van der Waals surface area contributed by atoms with E-state index in [0.717, 1.165) is 35.7 Å². The molecule has 2 heterocycles. The largest absolute Gasteiger partial charge is 0.444 e. The van der Waals surface area contributed by atoms with Crippen LogP contribution in [0.15, 0.2) is 59.2 Å². The lowest BCUT2D eigenvalue weighted by molar-refractivity contribution is 0.252. The van der Waals surface area contributed by atoms with Gasteiger partial charge in [0.1, 0.15) is 6.26 Å². The van der Waals surface area contributed by atoms with Crippen LogP contribution in [0.2, 0.25) is 0 Å². The van der Waals surface area contributed by atoms with Crippen LogP contribution in [0.1, 0.15) is 30.5 Å². The summed E-state index contributed by atoms with van der Waals surface area (Å²) >= 11 is 0. The van der Waals surface area contributed by atoms with E-state index in [-0.39, 0.29) is 6.03 Å². The molecule has 0 bridgehead atoms.